The van der Waals surface area contributed by atoms with E-state index in [1.165, 1.54) is 44.2 Å². The summed E-state index contributed by atoms with van der Waals surface area (Å²) in [5.41, 5.74) is 8.01. The van der Waals surface area contributed by atoms with Crippen LogP contribution in [0, 0.1) is 5.92 Å². The molecule has 2 atom stereocenters. The van der Waals surface area contributed by atoms with Crippen molar-refractivity contribution < 1.29 is 0 Å². The van der Waals surface area contributed by atoms with Crippen LogP contribution in [0.25, 0.3) is 0 Å². The van der Waals surface area contributed by atoms with Gasteiger partial charge in [-0.25, -0.2) is 0 Å². The van der Waals surface area contributed by atoms with E-state index in [4.69, 9.17) is 5.73 Å². The zero-order valence-corrected chi connectivity index (χ0v) is 12.4. The van der Waals surface area contributed by atoms with E-state index in [2.05, 4.69) is 30.9 Å². The van der Waals surface area contributed by atoms with E-state index < -0.39 is 0 Å². The summed E-state index contributed by atoms with van der Waals surface area (Å²) in [7, 11) is 0. The fraction of sp³-hybridized carbons (Fsp3) is 0.647. The first-order valence-corrected chi connectivity index (χ1v) is 7.77. The summed E-state index contributed by atoms with van der Waals surface area (Å²) in [5, 5.41) is 0. The van der Waals surface area contributed by atoms with E-state index in [0.717, 1.165) is 24.2 Å². The van der Waals surface area contributed by atoms with Gasteiger partial charge in [0, 0.05) is 18.3 Å². The second kappa shape index (κ2) is 6.95. The van der Waals surface area contributed by atoms with Gasteiger partial charge in [-0.3, -0.25) is 4.90 Å². The van der Waals surface area contributed by atoms with Gasteiger partial charge in [0.25, 0.3) is 0 Å². The topological polar surface area (TPSA) is 29.3 Å². The fourth-order valence-corrected chi connectivity index (χ4v) is 3.27. The van der Waals surface area contributed by atoms with E-state index in [1.807, 2.05) is 12.1 Å². The van der Waals surface area contributed by atoms with Gasteiger partial charge >= 0.3 is 0 Å². The van der Waals surface area contributed by atoms with Crippen molar-refractivity contribution in [2.75, 3.05) is 12.3 Å². The van der Waals surface area contributed by atoms with Gasteiger partial charge in [-0.1, -0.05) is 38.8 Å². The molecule has 1 aromatic rings. The largest absolute Gasteiger partial charge is 0.399 e. The number of nitrogen functional groups attached to an aromatic ring is 1. The summed E-state index contributed by atoms with van der Waals surface area (Å²) in [4.78, 5) is 2.68. The maximum Gasteiger partial charge on any atom is 0.0314 e. The van der Waals surface area contributed by atoms with Crippen LogP contribution in [0.4, 0.5) is 5.69 Å². The number of nitrogens with two attached hydrogens (primary N) is 1. The SMILES string of the molecule is CCCN(Cc1ccc(N)cc1)C1CCCC(C)C1. The summed E-state index contributed by atoms with van der Waals surface area (Å²) < 4.78 is 0. The third-order valence-electron chi connectivity index (χ3n) is 4.30. The van der Waals surface area contributed by atoms with Crippen LogP contribution in [-0.4, -0.2) is 17.5 Å². The number of hydrogen-bond acceptors (Lipinski definition) is 2. The lowest BCUT2D eigenvalue weighted by Gasteiger charge is -2.36. The van der Waals surface area contributed by atoms with Gasteiger partial charge in [0.15, 0.2) is 0 Å². The number of nitrogens with zero attached hydrogens (tertiary/aromatic N) is 1. The molecule has 2 unspecified atom stereocenters. The van der Waals surface area contributed by atoms with Gasteiger partial charge < -0.3 is 5.73 Å². The molecule has 0 saturated heterocycles. The summed E-state index contributed by atoms with van der Waals surface area (Å²) in [6.45, 7) is 6.97. The molecule has 106 valence electrons. The van der Waals surface area contributed by atoms with Crippen molar-refractivity contribution in [3.05, 3.63) is 29.8 Å². The Morgan fingerprint density at radius 1 is 1.21 bits per heavy atom. The zero-order chi connectivity index (χ0) is 13.7. The molecule has 2 N–H and O–H groups in total. The van der Waals surface area contributed by atoms with Gasteiger partial charge in [0.2, 0.25) is 0 Å². The van der Waals surface area contributed by atoms with Gasteiger partial charge in [-0.05, 0) is 49.4 Å². The van der Waals surface area contributed by atoms with Crippen LogP contribution < -0.4 is 5.73 Å². The molecule has 1 saturated carbocycles. The highest BCUT2D eigenvalue weighted by Gasteiger charge is 2.24. The van der Waals surface area contributed by atoms with Crippen molar-refractivity contribution in [3.63, 3.8) is 0 Å². The normalized spacial score (nSPS) is 23.7. The van der Waals surface area contributed by atoms with Crippen LogP contribution in [0.5, 0.6) is 0 Å². The Kier molecular flexibility index (Phi) is 5.26. The molecule has 1 aromatic carbocycles. The highest BCUT2D eigenvalue weighted by molar-refractivity contribution is 5.39. The molecule has 0 heterocycles. The summed E-state index contributed by atoms with van der Waals surface area (Å²) >= 11 is 0. The van der Waals surface area contributed by atoms with Crippen molar-refractivity contribution in [2.45, 2.75) is 58.5 Å². The van der Waals surface area contributed by atoms with Crippen LogP contribution in [0.15, 0.2) is 24.3 Å². The first-order chi connectivity index (χ1) is 9.19. The van der Waals surface area contributed by atoms with Crippen LogP contribution in [0.1, 0.15) is 51.5 Å². The Hall–Kier alpha value is -1.02. The lowest BCUT2D eigenvalue weighted by molar-refractivity contribution is 0.127. The minimum atomic E-state index is 0.779. The molecule has 2 nitrogen and oxygen atoms in total. The second-order valence-corrected chi connectivity index (χ2v) is 6.14. The Balaban J connectivity index is 2.00. The maximum absolute atomic E-state index is 5.76. The fourth-order valence-electron chi connectivity index (χ4n) is 3.27. The van der Waals surface area contributed by atoms with E-state index in [1.54, 1.807) is 0 Å². The molecule has 1 fully saturated rings. The molecular weight excluding hydrogens is 232 g/mol. The van der Waals surface area contributed by atoms with Crippen LogP contribution in [-0.2, 0) is 6.54 Å². The lowest BCUT2D eigenvalue weighted by atomic mass is 9.86. The van der Waals surface area contributed by atoms with Crippen LogP contribution in [0.2, 0.25) is 0 Å². The van der Waals surface area contributed by atoms with Gasteiger partial charge in [0.1, 0.15) is 0 Å². The summed E-state index contributed by atoms with van der Waals surface area (Å²) in [6.07, 6.45) is 6.79. The van der Waals surface area contributed by atoms with Crippen molar-refractivity contribution in [2.24, 2.45) is 5.92 Å². The number of hydrogen-bond donors (Lipinski definition) is 1. The average Bonchev–Trinajstić information content (AvgIpc) is 2.41. The Labute approximate surface area is 118 Å². The minimum Gasteiger partial charge on any atom is -0.399 e. The Morgan fingerprint density at radius 2 is 1.95 bits per heavy atom. The van der Waals surface area contributed by atoms with Gasteiger partial charge in [0.05, 0.1) is 0 Å². The molecule has 2 rings (SSSR count). The molecular formula is C17H28N2. The molecule has 0 aliphatic heterocycles. The predicted octanol–water partition coefficient (Wildman–Crippen LogP) is 4.06. The Morgan fingerprint density at radius 3 is 2.58 bits per heavy atom. The molecule has 0 spiro atoms. The van der Waals surface area contributed by atoms with Gasteiger partial charge in [-0.15, -0.1) is 0 Å². The third-order valence-corrected chi connectivity index (χ3v) is 4.30. The second-order valence-electron chi connectivity index (χ2n) is 6.14. The van der Waals surface area contributed by atoms with Crippen molar-refractivity contribution in [1.29, 1.82) is 0 Å². The van der Waals surface area contributed by atoms with E-state index in [-0.39, 0.29) is 0 Å². The number of rotatable bonds is 5. The van der Waals surface area contributed by atoms with Crippen LogP contribution >= 0.6 is 0 Å². The smallest absolute Gasteiger partial charge is 0.0314 e. The van der Waals surface area contributed by atoms with Crippen molar-refractivity contribution in [3.8, 4) is 0 Å². The molecule has 1 aliphatic rings. The first kappa shape index (κ1) is 14.4. The molecule has 0 aromatic heterocycles. The Bertz CT molecular complexity index is 371. The quantitative estimate of drug-likeness (QED) is 0.809. The van der Waals surface area contributed by atoms with E-state index >= 15 is 0 Å². The van der Waals surface area contributed by atoms with E-state index in [9.17, 15) is 0 Å². The number of benzene rings is 1. The lowest BCUT2D eigenvalue weighted by Crippen LogP contribution is -2.38. The summed E-state index contributed by atoms with van der Waals surface area (Å²) in [6, 6.07) is 9.15. The van der Waals surface area contributed by atoms with E-state index in [0.29, 0.717) is 0 Å². The first-order valence-electron chi connectivity index (χ1n) is 7.77. The van der Waals surface area contributed by atoms with Crippen LogP contribution in [0.3, 0.4) is 0 Å². The molecule has 0 bridgehead atoms. The van der Waals surface area contributed by atoms with Gasteiger partial charge in [-0.2, -0.15) is 0 Å². The monoisotopic (exact) mass is 260 g/mol. The van der Waals surface area contributed by atoms with Crippen molar-refractivity contribution in [1.82, 2.24) is 4.90 Å². The standard InChI is InChI=1S/C17H28N2/c1-3-11-19(17-6-4-5-14(2)12-17)13-15-7-9-16(18)10-8-15/h7-10,14,17H,3-6,11-13,18H2,1-2H3. The molecule has 19 heavy (non-hydrogen) atoms. The highest BCUT2D eigenvalue weighted by atomic mass is 15.1. The highest BCUT2D eigenvalue weighted by Crippen LogP contribution is 2.28. The maximum atomic E-state index is 5.76. The molecule has 2 heteroatoms. The average molecular weight is 260 g/mol. The third kappa shape index (κ3) is 4.24. The minimum absolute atomic E-state index is 0.779. The molecule has 1 aliphatic carbocycles. The predicted molar refractivity (Wildman–Crippen MR) is 83.0 cm³/mol. The molecule has 0 radical (unpaired) electrons. The molecule has 0 amide bonds. The zero-order valence-electron chi connectivity index (χ0n) is 12.4. The van der Waals surface area contributed by atoms with Crippen molar-refractivity contribution >= 4 is 5.69 Å². The summed E-state index contributed by atoms with van der Waals surface area (Å²) in [5.74, 6) is 0.893. The number of anilines is 1.